The summed E-state index contributed by atoms with van der Waals surface area (Å²) in [5.74, 6) is 0.225. The quantitative estimate of drug-likeness (QED) is 0.645. The normalized spacial score (nSPS) is 22.6. The first-order valence-electron chi connectivity index (χ1n) is 6.66. The van der Waals surface area contributed by atoms with Gasteiger partial charge in [-0.15, -0.1) is 0 Å². The predicted molar refractivity (Wildman–Crippen MR) is 75.7 cm³/mol. The van der Waals surface area contributed by atoms with Crippen LogP contribution in [0.4, 0.5) is 0 Å². The fourth-order valence-corrected chi connectivity index (χ4v) is 2.83. The highest BCUT2D eigenvalue weighted by Gasteiger charge is 2.20. The molecule has 1 N–H and O–H groups in total. The Morgan fingerprint density at radius 1 is 1.39 bits per heavy atom. The van der Waals surface area contributed by atoms with E-state index in [1.165, 1.54) is 25.6 Å². The highest BCUT2D eigenvalue weighted by atomic mass is 32.2. The van der Waals surface area contributed by atoms with E-state index in [1.807, 2.05) is 0 Å². The maximum atomic E-state index is 11.0. The highest BCUT2D eigenvalue weighted by molar-refractivity contribution is 7.90. The lowest BCUT2D eigenvalue weighted by molar-refractivity contribution is 0.135. The Hall–Kier alpha value is -0.170. The minimum atomic E-state index is -2.84. The molecule has 1 heterocycles. The second kappa shape index (κ2) is 7.43. The van der Waals surface area contributed by atoms with Gasteiger partial charge in [0, 0.05) is 38.5 Å². The van der Waals surface area contributed by atoms with Crippen molar-refractivity contribution < 1.29 is 8.42 Å². The van der Waals surface area contributed by atoms with Crippen LogP contribution in [0.25, 0.3) is 0 Å². The van der Waals surface area contributed by atoms with Crippen LogP contribution >= 0.6 is 0 Å². The summed E-state index contributed by atoms with van der Waals surface area (Å²) in [7, 11) is 1.49. The lowest BCUT2D eigenvalue weighted by atomic mass is 10.1. The van der Waals surface area contributed by atoms with Crippen molar-refractivity contribution in [2.75, 3.05) is 58.8 Å². The first-order valence-corrected chi connectivity index (χ1v) is 8.72. The summed E-state index contributed by atoms with van der Waals surface area (Å²) in [6, 6.07) is 0.639. The summed E-state index contributed by atoms with van der Waals surface area (Å²) in [5.41, 5.74) is 0. The number of hydrogen-bond donors (Lipinski definition) is 1. The van der Waals surface area contributed by atoms with Gasteiger partial charge in [0.15, 0.2) is 0 Å². The third-order valence-corrected chi connectivity index (χ3v) is 4.46. The summed E-state index contributed by atoms with van der Waals surface area (Å²) < 4.78 is 21.9. The zero-order valence-electron chi connectivity index (χ0n) is 11.9. The van der Waals surface area contributed by atoms with Gasteiger partial charge in [-0.3, -0.25) is 0 Å². The molecule has 1 rings (SSSR count). The van der Waals surface area contributed by atoms with Crippen molar-refractivity contribution in [3.8, 4) is 0 Å². The average molecular weight is 277 g/mol. The van der Waals surface area contributed by atoms with Gasteiger partial charge in [0.05, 0.1) is 5.75 Å². The van der Waals surface area contributed by atoms with E-state index in [0.29, 0.717) is 12.6 Å². The second-order valence-electron chi connectivity index (χ2n) is 5.42. The smallest absolute Gasteiger partial charge is 0.148 e. The molecular formula is C12H27N3O2S. The molecule has 18 heavy (non-hydrogen) atoms. The molecule has 1 saturated heterocycles. The molecule has 6 heteroatoms. The molecule has 0 aromatic heterocycles. The molecule has 1 atom stereocenters. The Labute approximate surface area is 111 Å². The maximum Gasteiger partial charge on any atom is 0.148 e. The fourth-order valence-electron chi connectivity index (χ4n) is 2.32. The van der Waals surface area contributed by atoms with Gasteiger partial charge in [0.25, 0.3) is 0 Å². The predicted octanol–water partition coefficient (Wildman–Crippen LogP) is -0.353. The van der Waals surface area contributed by atoms with Gasteiger partial charge in [-0.05, 0) is 33.5 Å². The van der Waals surface area contributed by atoms with Gasteiger partial charge in [0.1, 0.15) is 9.84 Å². The third kappa shape index (κ3) is 6.68. The van der Waals surface area contributed by atoms with E-state index in [1.54, 1.807) is 0 Å². The van der Waals surface area contributed by atoms with E-state index in [-0.39, 0.29) is 5.75 Å². The second-order valence-corrected chi connectivity index (χ2v) is 7.68. The van der Waals surface area contributed by atoms with Crippen molar-refractivity contribution in [1.82, 2.24) is 15.1 Å². The summed E-state index contributed by atoms with van der Waals surface area (Å²) in [4.78, 5) is 4.75. The van der Waals surface area contributed by atoms with Crippen LogP contribution < -0.4 is 5.32 Å². The molecule has 0 saturated carbocycles. The van der Waals surface area contributed by atoms with Gasteiger partial charge >= 0.3 is 0 Å². The molecule has 1 fully saturated rings. The number of rotatable bonds is 7. The maximum absolute atomic E-state index is 11.0. The Bertz CT molecular complexity index is 332. The zero-order chi connectivity index (χ0) is 13.6. The van der Waals surface area contributed by atoms with E-state index in [9.17, 15) is 8.42 Å². The number of likely N-dealkylation sites (tertiary alicyclic amines) is 1. The van der Waals surface area contributed by atoms with Crippen molar-refractivity contribution >= 4 is 9.84 Å². The van der Waals surface area contributed by atoms with Crippen LogP contribution in [0.15, 0.2) is 0 Å². The van der Waals surface area contributed by atoms with E-state index >= 15 is 0 Å². The standard InChI is InChI=1S/C12H27N3O2S/c1-14-8-4-5-12(11-14)15(2)9-6-13-7-10-18(3,16)17/h12-13H,4-11H2,1-3H3. The van der Waals surface area contributed by atoms with Crippen LogP contribution in [0.1, 0.15) is 12.8 Å². The van der Waals surface area contributed by atoms with Gasteiger partial charge in [-0.25, -0.2) is 8.42 Å². The van der Waals surface area contributed by atoms with Gasteiger partial charge in [-0.2, -0.15) is 0 Å². The SMILES string of the molecule is CN1CCCC(N(C)CCNCCS(C)(=O)=O)C1. The molecular weight excluding hydrogens is 250 g/mol. The van der Waals surface area contributed by atoms with E-state index in [4.69, 9.17) is 0 Å². The minimum absolute atomic E-state index is 0.225. The lowest BCUT2D eigenvalue weighted by Gasteiger charge is -2.35. The molecule has 0 radical (unpaired) electrons. The molecule has 0 bridgehead atoms. The van der Waals surface area contributed by atoms with Crippen molar-refractivity contribution in [3.05, 3.63) is 0 Å². The molecule has 0 aromatic rings. The Morgan fingerprint density at radius 3 is 2.72 bits per heavy atom. The molecule has 1 aliphatic rings. The summed E-state index contributed by atoms with van der Waals surface area (Å²) in [6.07, 6.45) is 3.82. The van der Waals surface area contributed by atoms with Crippen LogP contribution in [-0.2, 0) is 9.84 Å². The average Bonchev–Trinajstić information content (AvgIpc) is 2.26. The molecule has 1 unspecified atom stereocenters. The van der Waals surface area contributed by atoms with Gasteiger partial charge in [0.2, 0.25) is 0 Å². The van der Waals surface area contributed by atoms with Crippen LogP contribution in [0.2, 0.25) is 0 Å². The topological polar surface area (TPSA) is 52.6 Å². The van der Waals surface area contributed by atoms with Gasteiger partial charge in [-0.1, -0.05) is 0 Å². The van der Waals surface area contributed by atoms with Crippen LogP contribution in [-0.4, -0.2) is 83.1 Å². The molecule has 1 aliphatic heterocycles. The third-order valence-electron chi connectivity index (χ3n) is 3.51. The molecule has 0 aliphatic carbocycles. The first-order chi connectivity index (χ1) is 8.38. The Balaban J connectivity index is 2.11. The number of piperidine rings is 1. The zero-order valence-corrected chi connectivity index (χ0v) is 12.7. The van der Waals surface area contributed by atoms with Gasteiger partial charge < -0.3 is 15.1 Å². The van der Waals surface area contributed by atoms with E-state index < -0.39 is 9.84 Å². The molecule has 108 valence electrons. The lowest BCUT2D eigenvalue weighted by Crippen LogP contribution is -2.46. The van der Waals surface area contributed by atoms with Crippen LogP contribution in [0, 0.1) is 0 Å². The summed E-state index contributed by atoms with van der Waals surface area (Å²) in [5, 5.41) is 3.19. The van der Waals surface area contributed by atoms with Crippen LogP contribution in [0.3, 0.4) is 0 Å². The highest BCUT2D eigenvalue weighted by Crippen LogP contribution is 2.12. The number of sulfone groups is 1. The Morgan fingerprint density at radius 2 is 2.11 bits per heavy atom. The van der Waals surface area contributed by atoms with Crippen molar-refractivity contribution in [3.63, 3.8) is 0 Å². The molecule has 0 spiro atoms. The summed E-state index contributed by atoms with van der Waals surface area (Å²) in [6.45, 7) is 4.72. The van der Waals surface area contributed by atoms with Crippen molar-refractivity contribution in [2.24, 2.45) is 0 Å². The first kappa shape index (κ1) is 15.9. The number of hydrogen-bond acceptors (Lipinski definition) is 5. The van der Waals surface area contributed by atoms with Crippen molar-refractivity contribution in [1.29, 1.82) is 0 Å². The largest absolute Gasteiger partial charge is 0.314 e. The summed E-state index contributed by atoms with van der Waals surface area (Å²) >= 11 is 0. The van der Waals surface area contributed by atoms with E-state index in [2.05, 4.69) is 29.2 Å². The number of likely N-dealkylation sites (N-methyl/N-ethyl adjacent to an activating group) is 2. The number of nitrogens with zero attached hydrogens (tertiary/aromatic N) is 2. The van der Waals surface area contributed by atoms with Crippen LogP contribution in [0.5, 0.6) is 0 Å². The monoisotopic (exact) mass is 277 g/mol. The Kier molecular flexibility index (Phi) is 6.55. The van der Waals surface area contributed by atoms with E-state index in [0.717, 1.165) is 19.6 Å². The fraction of sp³-hybridized carbons (Fsp3) is 1.00. The molecule has 0 aromatic carbocycles. The van der Waals surface area contributed by atoms with Crippen molar-refractivity contribution in [2.45, 2.75) is 18.9 Å². The molecule has 0 amide bonds. The molecule has 5 nitrogen and oxygen atoms in total. The minimum Gasteiger partial charge on any atom is -0.314 e. The number of nitrogens with one attached hydrogen (secondary N) is 1.